The van der Waals surface area contributed by atoms with Gasteiger partial charge in [-0.25, -0.2) is 0 Å². The van der Waals surface area contributed by atoms with Gasteiger partial charge in [0, 0.05) is 17.7 Å². The van der Waals surface area contributed by atoms with Crippen LogP contribution in [0.2, 0.25) is 0 Å². The molecule has 0 aliphatic heterocycles. The molecule has 0 fully saturated rings. The van der Waals surface area contributed by atoms with Gasteiger partial charge in [-0.15, -0.1) is 0 Å². The molecule has 1 amide bonds. The van der Waals surface area contributed by atoms with Crippen molar-refractivity contribution < 1.29 is 9.53 Å². The van der Waals surface area contributed by atoms with Gasteiger partial charge in [0.25, 0.3) is 5.91 Å². The van der Waals surface area contributed by atoms with Crippen LogP contribution in [0.5, 0.6) is 5.75 Å². The van der Waals surface area contributed by atoms with Crippen molar-refractivity contribution in [3.63, 3.8) is 0 Å². The van der Waals surface area contributed by atoms with Crippen LogP contribution in [0.25, 0.3) is 0 Å². The third kappa shape index (κ3) is 4.95. The second-order valence-electron chi connectivity index (χ2n) is 5.93. The number of carbonyl (C=O) groups is 1. The van der Waals surface area contributed by atoms with E-state index in [4.69, 9.17) is 4.74 Å². The first-order valence-corrected chi connectivity index (χ1v) is 8.35. The number of benzene rings is 3. The Bertz CT molecular complexity index is 826. The van der Waals surface area contributed by atoms with Crippen LogP contribution in [0.15, 0.2) is 78.9 Å². The zero-order valence-electron chi connectivity index (χ0n) is 14.2. The van der Waals surface area contributed by atoms with Crippen LogP contribution in [0, 0.1) is 6.92 Å². The Hall–Kier alpha value is -3.07. The van der Waals surface area contributed by atoms with E-state index in [9.17, 15) is 4.79 Å². The van der Waals surface area contributed by atoms with E-state index in [1.807, 2.05) is 61.5 Å². The molecule has 0 heterocycles. The van der Waals surface area contributed by atoms with Gasteiger partial charge < -0.3 is 10.1 Å². The fourth-order valence-corrected chi connectivity index (χ4v) is 2.56. The molecular weight excluding hydrogens is 310 g/mol. The highest BCUT2D eigenvalue weighted by Crippen LogP contribution is 2.15. The lowest BCUT2D eigenvalue weighted by Gasteiger charge is -2.08. The molecule has 0 aliphatic rings. The minimum absolute atomic E-state index is 0.124. The van der Waals surface area contributed by atoms with Crippen molar-refractivity contribution in [1.29, 1.82) is 0 Å². The second kappa shape index (κ2) is 8.15. The van der Waals surface area contributed by atoms with E-state index >= 15 is 0 Å². The van der Waals surface area contributed by atoms with Crippen molar-refractivity contribution in [3.05, 3.63) is 95.6 Å². The molecular formula is C22H21NO2. The van der Waals surface area contributed by atoms with Crippen LogP contribution in [-0.4, -0.2) is 12.5 Å². The van der Waals surface area contributed by atoms with Gasteiger partial charge in [-0.2, -0.15) is 0 Å². The number of hydrogen-bond acceptors (Lipinski definition) is 2. The number of rotatable bonds is 6. The molecule has 0 aromatic heterocycles. The van der Waals surface area contributed by atoms with Crippen molar-refractivity contribution in [2.45, 2.75) is 13.3 Å². The Morgan fingerprint density at radius 1 is 0.920 bits per heavy atom. The number of ether oxygens (including phenoxy) is 1. The minimum Gasteiger partial charge on any atom is -0.493 e. The highest BCUT2D eigenvalue weighted by molar-refractivity contribution is 6.04. The van der Waals surface area contributed by atoms with E-state index in [0.717, 1.165) is 23.4 Å². The molecule has 25 heavy (non-hydrogen) atoms. The van der Waals surface area contributed by atoms with E-state index in [1.54, 1.807) is 12.1 Å². The Labute approximate surface area is 148 Å². The summed E-state index contributed by atoms with van der Waals surface area (Å²) in [5, 5.41) is 2.90. The number of amides is 1. The number of hydrogen-bond donors (Lipinski definition) is 1. The van der Waals surface area contributed by atoms with Gasteiger partial charge in [0.1, 0.15) is 5.75 Å². The SMILES string of the molecule is Cc1cccc(NC(=O)c2ccc(OCCc3ccccc3)cc2)c1. The predicted octanol–water partition coefficient (Wildman–Crippen LogP) is 4.87. The second-order valence-corrected chi connectivity index (χ2v) is 5.93. The number of carbonyl (C=O) groups excluding carboxylic acids is 1. The Morgan fingerprint density at radius 2 is 1.68 bits per heavy atom. The highest BCUT2D eigenvalue weighted by atomic mass is 16.5. The summed E-state index contributed by atoms with van der Waals surface area (Å²) in [6.07, 6.45) is 0.858. The van der Waals surface area contributed by atoms with Gasteiger partial charge in [-0.1, -0.05) is 42.5 Å². The van der Waals surface area contributed by atoms with E-state index in [2.05, 4.69) is 17.4 Å². The molecule has 0 saturated heterocycles. The van der Waals surface area contributed by atoms with E-state index in [0.29, 0.717) is 12.2 Å². The van der Waals surface area contributed by atoms with Crippen molar-refractivity contribution >= 4 is 11.6 Å². The Morgan fingerprint density at radius 3 is 2.40 bits per heavy atom. The molecule has 0 saturated carbocycles. The molecule has 0 spiro atoms. The molecule has 0 unspecified atom stereocenters. The Balaban J connectivity index is 1.53. The lowest BCUT2D eigenvalue weighted by molar-refractivity contribution is 0.102. The van der Waals surface area contributed by atoms with Gasteiger partial charge in [0.15, 0.2) is 0 Å². The van der Waals surface area contributed by atoms with Gasteiger partial charge in [-0.05, 0) is 54.4 Å². The quantitative estimate of drug-likeness (QED) is 0.700. The fourth-order valence-electron chi connectivity index (χ4n) is 2.56. The third-order valence-electron chi connectivity index (χ3n) is 3.89. The van der Waals surface area contributed by atoms with Crippen LogP contribution in [-0.2, 0) is 6.42 Å². The maximum Gasteiger partial charge on any atom is 0.255 e. The van der Waals surface area contributed by atoms with Crippen molar-refractivity contribution in [1.82, 2.24) is 0 Å². The van der Waals surface area contributed by atoms with Gasteiger partial charge >= 0.3 is 0 Å². The van der Waals surface area contributed by atoms with Crippen LogP contribution in [0.3, 0.4) is 0 Å². The number of anilines is 1. The van der Waals surface area contributed by atoms with Crippen molar-refractivity contribution in [3.8, 4) is 5.75 Å². The summed E-state index contributed by atoms with van der Waals surface area (Å²) in [6.45, 7) is 2.61. The van der Waals surface area contributed by atoms with E-state index in [-0.39, 0.29) is 5.91 Å². The monoisotopic (exact) mass is 331 g/mol. The number of aryl methyl sites for hydroxylation is 1. The largest absolute Gasteiger partial charge is 0.493 e. The molecule has 1 N–H and O–H groups in total. The molecule has 0 radical (unpaired) electrons. The first kappa shape index (κ1) is 16.8. The summed E-state index contributed by atoms with van der Waals surface area (Å²) in [6, 6.07) is 25.2. The summed E-state index contributed by atoms with van der Waals surface area (Å²) >= 11 is 0. The fraction of sp³-hybridized carbons (Fsp3) is 0.136. The van der Waals surface area contributed by atoms with E-state index in [1.165, 1.54) is 5.56 Å². The summed E-state index contributed by atoms with van der Waals surface area (Å²) in [5.74, 6) is 0.643. The van der Waals surface area contributed by atoms with Crippen LogP contribution in [0.4, 0.5) is 5.69 Å². The Kier molecular flexibility index (Phi) is 5.47. The first-order chi connectivity index (χ1) is 12.2. The molecule has 0 aliphatic carbocycles. The van der Waals surface area contributed by atoms with Crippen LogP contribution < -0.4 is 10.1 Å². The van der Waals surface area contributed by atoms with Crippen molar-refractivity contribution in [2.24, 2.45) is 0 Å². The zero-order chi connectivity index (χ0) is 17.5. The average molecular weight is 331 g/mol. The standard InChI is InChI=1S/C22H21NO2/c1-17-6-5-9-20(16-17)23-22(24)19-10-12-21(13-11-19)25-15-14-18-7-3-2-4-8-18/h2-13,16H,14-15H2,1H3,(H,23,24). The molecule has 3 rings (SSSR count). The lowest BCUT2D eigenvalue weighted by atomic mass is 10.1. The molecule has 0 bridgehead atoms. The molecule has 3 heteroatoms. The first-order valence-electron chi connectivity index (χ1n) is 8.35. The van der Waals surface area contributed by atoms with Crippen LogP contribution >= 0.6 is 0 Å². The average Bonchev–Trinajstić information content (AvgIpc) is 2.63. The van der Waals surface area contributed by atoms with Gasteiger partial charge in [0.2, 0.25) is 0 Å². The van der Waals surface area contributed by atoms with Gasteiger partial charge in [-0.3, -0.25) is 4.79 Å². The number of nitrogens with one attached hydrogen (secondary N) is 1. The minimum atomic E-state index is -0.124. The third-order valence-corrected chi connectivity index (χ3v) is 3.89. The summed E-state index contributed by atoms with van der Waals surface area (Å²) in [5.41, 5.74) is 3.77. The summed E-state index contributed by atoms with van der Waals surface area (Å²) in [7, 11) is 0. The molecule has 3 aromatic carbocycles. The highest BCUT2D eigenvalue weighted by Gasteiger charge is 2.06. The van der Waals surface area contributed by atoms with Gasteiger partial charge in [0.05, 0.1) is 6.61 Å². The maximum atomic E-state index is 12.3. The zero-order valence-corrected chi connectivity index (χ0v) is 14.2. The van der Waals surface area contributed by atoms with E-state index < -0.39 is 0 Å². The smallest absolute Gasteiger partial charge is 0.255 e. The van der Waals surface area contributed by atoms with Crippen molar-refractivity contribution in [2.75, 3.05) is 11.9 Å². The molecule has 3 aromatic rings. The normalized spacial score (nSPS) is 10.3. The summed E-state index contributed by atoms with van der Waals surface area (Å²) < 4.78 is 5.75. The molecule has 0 atom stereocenters. The lowest BCUT2D eigenvalue weighted by Crippen LogP contribution is -2.11. The van der Waals surface area contributed by atoms with Crippen LogP contribution in [0.1, 0.15) is 21.5 Å². The molecule has 3 nitrogen and oxygen atoms in total. The topological polar surface area (TPSA) is 38.3 Å². The summed E-state index contributed by atoms with van der Waals surface area (Å²) in [4.78, 5) is 12.3. The maximum absolute atomic E-state index is 12.3. The molecule has 126 valence electrons. The predicted molar refractivity (Wildman–Crippen MR) is 101 cm³/mol.